The highest BCUT2D eigenvalue weighted by Gasteiger charge is 2.47. The molecular weight excluding hydrogens is 298 g/mol. The van der Waals surface area contributed by atoms with Gasteiger partial charge in [0.2, 0.25) is 5.91 Å². The summed E-state index contributed by atoms with van der Waals surface area (Å²) in [4.78, 5) is 14.1. The Kier molecular flexibility index (Phi) is 4.57. The van der Waals surface area contributed by atoms with Crippen LogP contribution >= 0.6 is 0 Å². The molecule has 0 bridgehead atoms. The number of hydrogen-bond donors (Lipinski definition) is 3. The SMILES string of the molecule is O=C(Cc1ccccc1O)N1CCC2(CC1)OCC[C@H](O)[C@@H]2O. The normalized spacial score (nSPS) is 27.1. The average molecular weight is 321 g/mol. The van der Waals surface area contributed by atoms with E-state index in [1.807, 2.05) is 0 Å². The van der Waals surface area contributed by atoms with E-state index in [-0.39, 0.29) is 18.1 Å². The number of phenols is 1. The number of aliphatic hydroxyl groups is 2. The molecule has 6 heteroatoms. The zero-order valence-electron chi connectivity index (χ0n) is 13.0. The maximum Gasteiger partial charge on any atom is 0.227 e. The van der Waals surface area contributed by atoms with E-state index >= 15 is 0 Å². The van der Waals surface area contributed by atoms with Gasteiger partial charge in [0.15, 0.2) is 0 Å². The molecule has 0 radical (unpaired) electrons. The molecule has 23 heavy (non-hydrogen) atoms. The van der Waals surface area contributed by atoms with Crippen LogP contribution in [0.4, 0.5) is 0 Å². The number of rotatable bonds is 2. The molecule has 2 heterocycles. The molecule has 1 aromatic carbocycles. The first-order chi connectivity index (χ1) is 11.0. The number of carbonyl (C=O) groups excluding carboxylic acids is 1. The Labute approximate surface area is 135 Å². The van der Waals surface area contributed by atoms with E-state index in [1.165, 1.54) is 0 Å². The fraction of sp³-hybridized carbons (Fsp3) is 0.588. The first kappa shape index (κ1) is 16.2. The number of ether oxygens (including phenoxy) is 1. The van der Waals surface area contributed by atoms with E-state index in [9.17, 15) is 20.1 Å². The zero-order chi connectivity index (χ0) is 16.4. The highest BCUT2D eigenvalue weighted by Crippen LogP contribution is 2.35. The fourth-order valence-electron chi connectivity index (χ4n) is 3.49. The summed E-state index contributed by atoms with van der Waals surface area (Å²) >= 11 is 0. The topological polar surface area (TPSA) is 90.2 Å². The van der Waals surface area contributed by atoms with Crippen LogP contribution in [0.3, 0.4) is 0 Å². The van der Waals surface area contributed by atoms with Crippen molar-refractivity contribution < 1.29 is 24.9 Å². The van der Waals surface area contributed by atoms with Crippen molar-refractivity contribution in [3.63, 3.8) is 0 Å². The predicted molar refractivity (Wildman–Crippen MR) is 82.9 cm³/mol. The molecule has 0 aromatic heterocycles. The Morgan fingerprint density at radius 3 is 2.65 bits per heavy atom. The van der Waals surface area contributed by atoms with Gasteiger partial charge in [0, 0.05) is 18.7 Å². The van der Waals surface area contributed by atoms with Gasteiger partial charge >= 0.3 is 0 Å². The van der Waals surface area contributed by atoms with Gasteiger partial charge in [-0.1, -0.05) is 18.2 Å². The maximum absolute atomic E-state index is 12.4. The molecule has 1 amide bonds. The fourth-order valence-corrected chi connectivity index (χ4v) is 3.49. The first-order valence-corrected chi connectivity index (χ1v) is 8.06. The van der Waals surface area contributed by atoms with Crippen molar-refractivity contribution in [3.8, 4) is 5.75 Å². The Morgan fingerprint density at radius 1 is 1.26 bits per heavy atom. The van der Waals surface area contributed by atoms with E-state index in [2.05, 4.69) is 0 Å². The molecule has 2 saturated heterocycles. The van der Waals surface area contributed by atoms with E-state index < -0.39 is 17.8 Å². The summed E-state index contributed by atoms with van der Waals surface area (Å²) in [6, 6.07) is 6.83. The molecule has 3 N–H and O–H groups in total. The average Bonchev–Trinajstić information content (AvgIpc) is 2.55. The Balaban J connectivity index is 1.60. The smallest absolute Gasteiger partial charge is 0.227 e. The second kappa shape index (κ2) is 6.47. The number of para-hydroxylation sites is 1. The third-order valence-corrected chi connectivity index (χ3v) is 5.00. The summed E-state index contributed by atoms with van der Waals surface area (Å²) in [5.74, 6) is 0.0793. The van der Waals surface area contributed by atoms with Crippen molar-refractivity contribution in [1.29, 1.82) is 0 Å². The molecule has 1 aromatic rings. The van der Waals surface area contributed by atoms with Crippen molar-refractivity contribution in [1.82, 2.24) is 4.90 Å². The van der Waals surface area contributed by atoms with Gasteiger partial charge in [0.1, 0.15) is 11.9 Å². The summed E-state index contributed by atoms with van der Waals surface area (Å²) < 4.78 is 5.77. The highest BCUT2D eigenvalue weighted by atomic mass is 16.5. The Morgan fingerprint density at radius 2 is 1.96 bits per heavy atom. The summed E-state index contributed by atoms with van der Waals surface area (Å²) in [6.45, 7) is 1.40. The second-order valence-electron chi connectivity index (χ2n) is 6.40. The van der Waals surface area contributed by atoms with Gasteiger partial charge in [-0.2, -0.15) is 0 Å². The number of amides is 1. The number of benzene rings is 1. The van der Waals surface area contributed by atoms with Crippen LogP contribution in [-0.4, -0.2) is 63.6 Å². The first-order valence-electron chi connectivity index (χ1n) is 8.06. The number of nitrogens with zero attached hydrogens (tertiary/aromatic N) is 1. The molecule has 6 nitrogen and oxygen atoms in total. The lowest BCUT2D eigenvalue weighted by Gasteiger charge is -2.48. The van der Waals surface area contributed by atoms with Gasteiger partial charge in [0.25, 0.3) is 0 Å². The number of piperidine rings is 1. The van der Waals surface area contributed by atoms with Crippen LogP contribution in [0.5, 0.6) is 5.75 Å². The van der Waals surface area contributed by atoms with Crippen LogP contribution in [0.25, 0.3) is 0 Å². The van der Waals surface area contributed by atoms with Crippen molar-refractivity contribution in [2.75, 3.05) is 19.7 Å². The minimum atomic E-state index is -0.897. The molecule has 2 aliphatic rings. The third-order valence-electron chi connectivity index (χ3n) is 5.00. The number of likely N-dealkylation sites (tertiary alicyclic amines) is 1. The van der Waals surface area contributed by atoms with Crippen LogP contribution in [0, 0.1) is 0 Å². The quantitative estimate of drug-likeness (QED) is 0.735. The Hall–Kier alpha value is -1.63. The molecule has 126 valence electrons. The van der Waals surface area contributed by atoms with Crippen LogP contribution in [-0.2, 0) is 16.0 Å². The monoisotopic (exact) mass is 321 g/mol. The van der Waals surface area contributed by atoms with Gasteiger partial charge in [-0.05, 0) is 25.3 Å². The van der Waals surface area contributed by atoms with Crippen LogP contribution in [0.15, 0.2) is 24.3 Å². The third kappa shape index (κ3) is 3.20. The van der Waals surface area contributed by atoms with E-state index in [1.54, 1.807) is 29.2 Å². The van der Waals surface area contributed by atoms with Crippen LogP contribution < -0.4 is 0 Å². The summed E-state index contributed by atoms with van der Waals surface area (Å²) in [6.07, 6.45) is -0.0287. The number of aliphatic hydroxyl groups excluding tert-OH is 2. The number of carbonyl (C=O) groups is 1. The summed E-state index contributed by atoms with van der Waals surface area (Å²) in [7, 11) is 0. The summed E-state index contributed by atoms with van der Waals surface area (Å²) in [5, 5.41) is 29.9. The van der Waals surface area contributed by atoms with Crippen molar-refractivity contribution >= 4 is 5.91 Å². The van der Waals surface area contributed by atoms with E-state index in [4.69, 9.17) is 4.74 Å². The lowest BCUT2D eigenvalue weighted by molar-refractivity contribution is -0.214. The molecule has 0 saturated carbocycles. The zero-order valence-corrected chi connectivity index (χ0v) is 13.0. The van der Waals surface area contributed by atoms with Crippen molar-refractivity contribution in [3.05, 3.63) is 29.8 Å². The van der Waals surface area contributed by atoms with Crippen molar-refractivity contribution in [2.24, 2.45) is 0 Å². The van der Waals surface area contributed by atoms with Gasteiger partial charge in [-0.15, -0.1) is 0 Å². The van der Waals surface area contributed by atoms with E-state index in [0.29, 0.717) is 44.5 Å². The lowest BCUT2D eigenvalue weighted by atomic mass is 9.80. The van der Waals surface area contributed by atoms with Gasteiger partial charge < -0.3 is 25.0 Å². The maximum atomic E-state index is 12.4. The van der Waals surface area contributed by atoms with Crippen LogP contribution in [0.2, 0.25) is 0 Å². The predicted octanol–water partition coefficient (Wildman–Crippen LogP) is 0.438. The van der Waals surface area contributed by atoms with Crippen molar-refractivity contribution in [2.45, 2.75) is 43.5 Å². The molecular formula is C17H23NO5. The van der Waals surface area contributed by atoms with Crippen LogP contribution in [0.1, 0.15) is 24.8 Å². The molecule has 0 unspecified atom stereocenters. The van der Waals surface area contributed by atoms with Gasteiger partial charge in [0.05, 0.1) is 24.7 Å². The standard InChI is InChI=1S/C17H23NO5/c19-13-4-2-1-3-12(13)11-15(21)18-8-6-17(7-9-18)16(22)14(20)5-10-23-17/h1-4,14,16,19-20,22H,5-11H2/t14-,16-/m0/s1. The minimum Gasteiger partial charge on any atom is -0.508 e. The molecule has 2 aliphatic heterocycles. The number of phenolic OH excluding ortho intramolecular Hbond substituents is 1. The highest BCUT2D eigenvalue weighted by molar-refractivity contribution is 5.79. The molecule has 2 fully saturated rings. The Bertz CT molecular complexity index is 568. The minimum absolute atomic E-state index is 0.0489. The van der Waals surface area contributed by atoms with E-state index in [0.717, 1.165) is 0 Å². The number of aromatic hydroxyl groups is 1. The summed E-state index contributed by atoms with van der Waals surface area (Å²) in [5.41, 5.74) is -0.120. The second-order valence-corrected chi connectivity index (χ2v) is 6.40. The lowest BCUT2D eigenvalue weighted by Crippen LogP contribution is -2.60. The number of hydrogen-bond acceptors (Lipinski definition) is 5. The largest absolute Gasteiger partial charge is 0.508 e. The molecule has 1 spiro atoms. The molecule has 3 rings (SSSR count). The molecule has 0 aliphatic carbocycles. The molecule has 2 atom stereocenters. The van der Waals surface area contributed by atoms with Gasteiger partial charge in [-0.3, -0.25) is 4.79 Å². The van der Waals surface area contributed by atoms with Gasteiger partial charge in [-0.25, -0.2) is 0 Å².